The molecule has 0 N–H and O–H groups in total. The molecule has 0 aliphatic heterocycles. The van der Waals surface area contributed by atoms with Crippen molar-refractivity contribution in [2.24, 2.45) is 5.92 Å². The van der Waals surface area contributed by atoms with Gasteiger partial charge in [0.25, 0.3) is 0 Å². The third-order valence-electron chi connectivity index (χ3n) is 2.85. The highest BCUT2D eigenvalue weighted by molar-refractivity contribution is 6.30. The average Bonchev–Trinajstić information content (AvgIpc) is 2.22. The van der Waals surface area contributed by atoms with Crippen molar-refractivity contribution in [2.45, 2.75) is 36.4 Å². The molecule has 2 heteroatoms. The van der Waals surface area contributed by atoms with Crippen molar-refractivity contribution in [3.63, 3.8) is 0 Å². The van der Waals surface area contributed by atoms with Gasteiger partial charge in [0.15, 0.2) is 0 Å². The van der Waals surface area contributed by atoms with Gasteiger partial charge in [-0.25, -0.2) is 0 Å². The highest BCUT2D eigenvalue weighted by Gasteiger charge is 2.47. The molecule has 0 aromatic carbocycles. The first kappa shape index (κ1) is 6.09. The second-order valence-corrected chi connectivity index (χ2v) is 4.24. The zero-order valence-corrected chi connectivity index (χ0v) is 6.19. The van der Waals surface area contributed by atoms with Crippen LogP contribution in [0.2, 0.25) is 5.82 Å². The van der Waals surface area contributed by atoms with Crippen LogP contribution in [0.25, 0.3) is 0 Å². The van der Waals surface area contributed by atoms with E-state index in [0.717, 1.165) is 12.3 Å². The molecule has 0 saturated heterocycles. The number of fused-ring (bicyclic) bond motifs is 2. The molecule has 0 heterocycles. The first-order chi connectivity index (χ1) is 4.21. The standard InChI is InChI=1S/C7H10BCl/c8-6-3-5-1-2-7(6,9)4-5/h5-6H,1-4H2. The molecule has 0 amide bonds. The summed E-state index contributed by atoms with van der Waals surface area (Å²) >= 11 is 6.22. The first-order valence-corrected chi connectivity index (χ1v) is 4.03. The number of halogens is 1. The van der Waals surface area contributed by atoms with Gasteiger partial charge >= 0.3 is 0 Å². The number of alkyl halides is 1. The first-order valence-electron chi connectivity index (χ1n) is 3.65. The van der Waals surface area contributed by atoms with Gasteiger partial charge in [-0.2, -0.15) is 0 Å². The van der Waals surface area contributed by atoms with E-state index >= 15 is 0 Å². The summed E-state index contributed by atoms with van der Waals surface area (Å²) in [6.45, 7) is 0. The maximum atomic E-state index is 6.22. The zero-order valence-electron chi connectivity index (χ0n) is 5.44. The van der Waals surface area contributed by atoms with E-state index in [2.05, 4.69) is 0 Å². The fourth-order valence-electron chi connectivity index (χ4n) is 2.24. The van der Waals surface area contributed by atoms with Crippen LogP contribution in [-0.4, -0.2) is 12.7 Å². The minimum atomic E-state index is 0.0185. The molecule has 2 saturated carbocycles. The van der Waals surface area contributed by atoms with Gasteiger partial charge in [-0.1, -0.05) is 12.2 Å². The lowest BCUT2D eigenvalue weighted by Crippen LogP contribution is -2.20. The van der Waals surface area contributed by atoms with Crippen LogP contribution in [-0.2, 0) is 0 Å². The lowest BCUT2D eigenvalue weighted by molar-refractivity contribution is 0.496. The Kier molecular flexibility index (Phi) is 1.14. The molecule has 2 fully saturated rings. The van der Waals surface area contributed by atoms with Crippen LogP contribution < -0.4 is 0 Å². The third-order valence-corrected chi connectivity index (χ3v) is 3.47. The van der Waals surface area contributed by atoms with E-state index in [1.807, 2.05) is 0 Å². The van der Waals surface area contributed by atoms with Crippen molar-refractivity contribution in [3.05, 3.63) is 0 Å². The zero-order chi connectivity index (χ0) is 6.48. The summed E-state index contributed by atoms with van der Waals surface area (Å²) in [5.74, 6) is 1.15. The van der Waals surface area contributed by atoms with E-state index in [1.165, 1.54) is 19.3 Å². The Labute approximate surface area is 62.4 Å². The van der Waals surface area contributed by atoms with Crippen LogP contribution >= 0.6 is 11.6 Å². The van der Waals surface area contributed by atoms with E-state index in [0.29, 0.717) is 0 Å². The summed E-state index contributed by atoms with van der Waals surface area (Å²) in [6, 6.07) is 0. The van der Waals surface area contributed by atoms with Crippen molar-refractivity contribution >= 4 is 19.4 Å². The van der Waals surface area contributed by atoms with Crippen molar-refractivity contribution in [2.75, 3.05) is 0 Å². The molecule has 0 aromatic rings. The quantitative estimate of drug-likeness (QED) is 0.357. The molecule has 2 rings (SSSR count). The summed E-state index contributed by atoms with van der Waals surface area (Å²) in [5, 5.41) is 0. The smallest absolute Gasteiger partial charge is 0.0723 e. The topological polar surface area (TPSA) is 0 Å². The normalized spacial score (nSPS) is 56.6. The van der Waals surface area contributed by atoms with Crippen LogP contribution in [0.3, 0.4) is 0 Å². The van der Waals surface area contributed by atoms with E-state index in [1.54, 1.807) is 0 Å². The van der Waals surface area contributed by atoms with Crippen molar-refractivity contribution in [1.29, 1.82) is 0 Å². The fourth-order valence-corrected chi connectivity index (χ4v) is 2.65. The number of hydrogen-bond donors (Lipinski definition) is 0. The van der Waals surface area contributed by atoms with E-state index in [4.69, 9.17) is 19.4 Å². The lowest BCUT2D eigenvalue weighted by Gasteiger charge is -2.25. The number of hydrogen-bond acceptors (Lipinski definition) is 0. The summed E-state index contributed by atoms with van der Waals surface area (Å²) in [4.78, 5) is 0.0185. The second kappa shape index (κ2) is 1.69. The van der Waals surface area contributed by atoms with Gasteiger partial charge in [0.2, 0.25) is 0 Å². The van der Waals surface area contributed by atoms with Crippen LogP contribution in [0.1, 0.15) is 25.7 Å². The molecule has 3 atom stereocenters. The maximum absolute atomic E-state index is 6.22. The van der Waals surface area contributed by atoms with Crippen molar-refractivity contribution in [3.8, 4) is 0 Å². The van der Waals surface area contributed by atoms with Gasteiger partial charge in [0.05, 0.1) is 7.85 Å². The monoisotopic (exact) mass is 140 g/mol. The predicted octanol–water partition coefficient (Wildman–Crippen LogP) is 2.12. The van der Waals surface area contributed by atoms with Crippen LogP contribution in [0.5, 0.6) is 0 Å². The molecule has 2 aliphatic carbocycles. The Morgan fingerprint density at radius 1 is 1.56 bits per heavy atom. The van der Waals surface area contributed by atoms with Crippen molar-refractivity contribution in [1.82, 2.24) is 0 Å². The highest BCUT2D eigenvalue weighted by atomic mass is 35.5. The molecule has 2 aliphatic rings. The Morgan fingerprint density at radius 3 is 2.56 bits per heavy atom. The molecule has 9 heavy (non-hydrogen) atoms. The predicted molar refractivity (Wildman–Crippen MR) is 40.0 cm³/mol. The molecular weight excluding hydrogens is 130 g/mol. The largest absolute Gasteiger partial charge is 0.120 e. The summed E-state index contributed by atoms with van der Waals surface area (Å²) in [7, 11) is 5.82. The van der Waals surface area contributed by atoms with Crippen LogP contribution in [0.4, 0.5) is 0 Å². The third kappa shape index (κ3) is 0.740. The lowest BCUT2D eigenvalue weighted by atomic mass is 9.74. The van der Waals surface area contributed by atoms with Crippen molar-refractivity contribution < 1.29 is 0 Å². The number of rotatable bonds is 0. The van der Waals surface area contributed by atoms with E-state index in [-0.39, 0.29) is 10.7 Å². The summed E-state index contributed by atoms with van der Waals surface area (Å²) in [6.07, 6.45) is 4.82. The molecule has 0 aromatic heterocycles. The fraction of sp³-hybridized carbons (Fsp3) is 1.00. The molecule has 0 spiro atoms. The Hall–Kier alpha value is 0.355. The average molecular weight is 140 g/mol. The molecule has 2 bridgehead atoms. The van der Waals surface area contributed by atoms with Gasteiger partial charge in [-0.05, 0) is 25.2 Å². The Balaban J connectivity index is 2.22. The second-order valence-electron chi connectivity index (χ2n) is 3.49. The minimum Gasteiger partial charge on any atom is -0.120 e. The van der Waals surface area contributed by atoms with Gasteiger partial charge in [-0.15, -0.1) is 11.6 Å². The highest BCUT2D eigenvalue weighted by Crippen LogP contribution is 2.57. The van der Waals surface area contributed by atoms with Gasteiger partial charge in [-0.3, -0.25) is 0 Å². The summed E-state index contributed by atoms with van der Waals surface area (Å²) < 4.78 is 0. The van der Waals surface area contributed by atoms with Gasteiger partial charge in [0, 0.05) is 4.87 Å². The Bertz CT molecular complexity index is 137. The molecule has 3 unspecified atom stereocenters. The molecular formula is C7H10BCl. The van der Waals surface area contributed by atoms with E-state index < -0.39 is 0 Å². The maximum Gasteiger partial charge on any atom is 0.0723 e. The van der Waals surface area contributed by atoms with Crippen LogP contribution in [0.15, 0.2) is 0 Å². The SMILES string of the molecule is [B]C1CC2CCC1(Cl)C2. The van der Waals surface area contributed by atoms with Crippen LogP contribution in [0, 0.1) is 5.92 Å². The van der Waals surface area contributed by atoms with Gasteiger partial charge < -0.3 is 0 Å². The minimum absolute atomic E-state index is 0.0185. The van der Waals surface area contributed by atoms with Gasteiger partial charge in [0.1, 0.15) is 0 Å². The van der Waals surface area contributed by atoms with E-state index in [9.17, 15) is 0 Å². The molecule has 48 valence electrons. The Morgan fingerprint density at radius 2 is 2.33 bits per heavy atom. The summed E-state index contributed by atoms with van der Waals surface area (Å²) in [5.41, 5.74) is 0. The molecule has 0 nitrogen and oxygen atoms in total. The molecule has 2 radical (unpaired) electrons.